The van der Waals surface area contributed by atoms with E-state index in [9.17, 15) is 0 Å². The van der Waals surface area contributed by atoms with Crippen LogP contribution in [0.3, 0.4) is 0 Å². The molecule has 0 amide bonds. The second-order valence-electron chi connectivity index (χ2n) is 5.52. The molecule has 0 aliphatic rings. The minimum atomic E-state index is 0.609. The summed E-state index contributed by atoms with van der Waals surface area (Å²) in [5.41, 5.74) is 4.72. The van der Waals surface area contributed by atoms with Crippen molar-refractivity contribution in [1.29, 1.82) is 0 Å². The first-order valence-corrected chi connectivity index (χ1v) is 7.46. The molecular weight excluding hydrogens is 288 g/mol. The van der Waals surface area contributed by atoms with Crippen molar-refractivity contribution in [3.8, 4) is 11.3 Å². The molecule has 4 aromatic rings. The van der Waals surface area contributed by atoms with Crippen LogP contribution in [-0.2, 0) is 13.5 Å². The second kappa shape index (κ2) is 5.31. The largest absolute Gasteiger partial charge is 0.273 e. The normalized spacial score (nSPS) is 11.2. The Labute approximate surface area is 133 Å². The molecule has 0 fully saturated rings. The van der Waals surface area contributed by atoms with Gasteiger partial charge in [-0.05, 0) is 13.0 Å². The molecule has 6 nitrogen and oxygen atoms in total. The average molecular weight is 304 g/mol. The molecule has 23 heavy (non-hydrogen) atoms. The maximum Gasteiger partial charge on any atom is 0.181 e. The van der Waals surface area contributed by atoms with Gasteiger partial charge in [-0.25, -0.2) is 9.50 Å². The Morgan fingerprint density at radius 3 is 2.65 bits per heavy atom. The van der Waals surface area contributed by atoms with E-state index in [1.807, 2.05) is 55.2 Å². The number of fused-ring (bicyclic) bond motifs is 1. The van der Waals surface area contributed by atoms with Crippen molar-refractivity contribution < 1.29 is 0 Å². The molecule has 0 aliphatic carbocycles. The zero-order valence-electron chi connectivity index (χ0n) is 13.0. The first kappa shape index (κ1) is 13.6. The smallest absolute Gasteiger partial charge is 0.181 e. The van der Waals surface area contributed by atoms with Gasteiger partial charge in [0.2, 0.25) is 0 Å². The van der Waals surface area contributed by atoms with Crippen LogP contribution in [0.2, 0.25) is 0 Å². The molecule has 0 unspecified atom stereocenters. The van der Waals surface area contributed by atoms with Crippen LogP contribution in [0, 0.1) is 6.92 Å². The Morgan fingerprint density at radius 1 is 1.09 bits per heavy atom. The maximum absolute atomic E-state index is 4.66. The van der Waals surface area contributed by atoms with Crippen molar-refractivity contribution in [3.05, 3.63) is 66.0 Å². The summed E-state index contributed by atoms with van der Waals surface area (Å²) in [4.78, 5) is 9.14. The lowest BCUT2D eigenvalue weighted by Gasteiger charge is -2.00. The third-order valence-corrected chi connectivity index (χ3v) is 3.85. The maximum atomic E-state index is 4.66. The first-order valence-electron chi connectivity index (χ1n) is 7.46. The summed E-state index contributed by atoms with van der Waals surface area (Å²) in [5.74, 6) is 0.744. The highest BCUT2D eigenvalue weighted by Gasteiger charge is 2.12. The van der Waals surface area contributed by atoms with Crippen LogP contribution < -0.4 is 0 Å². The van der Waals surface area contributed by atoms with Gasteiger partial charge in [0.1, 0.15) is 5.69 Å². The third-order valence-electron chi connectivity index (χ3n) is 3.85. The van der Waals surface area contributed by atoms with Gasteiger partial charge in [0.25, 0.3) is 0 Å². The Kier molecular flexibility index (Phi) is 3.15. The van der Waals surface area contributed by atoms with E-state index in [0.717, 1.165) is 34.1 Å². The summed E-state index contributed by atoms with van der Waals surface area (Å²) >= 11 is 0. The fraction of sp³-hybridized carbons (Fsp3) is 0.176. The van der Waals surface area contributed by atoms with Crippen LogP contribution in [-0.4, -0.2) is 29.4 Å². The van der Waals surface area contributed by atoms with Crippen LogP contribution in [0.1, 0.15) is 17.2 Å². The van der Waals surface area contributed by atoms with Gasteiger partial charge in [0.05, 0.1) is 12.1 Å². The molecule has 0 saturated heterocycles. The molecule has 3 aromatic heterocycles. The van der Waals surface area contributed by atoms with Crippen molar-refractivity contribution >= 4 is 5.65 Å². The van der Waals surface area contributed by atoms with E-state index in [1.54, 1.807) is 10.7 Å². The fourth-order valence-corrected chi connectivity index (χ4v) is 2.62. The van der Waals surface area contributed by atoms with Gasteiger partial charge in [-0.15, -0.1) is 0 Å². The molecule has 0 radical (unpaired) electrons. The third kappa shape index (κ3) is 2.48. The van der Waals surface area contributed by atoms with E-state index in [1.165, 1.54) is 0 Å². The van der Waals surface area contributed by atoms with E-state index in [2.05, 4.69) is 26.2 Å². The van der Waals surface area contributed by atoms with Crippen molar-refractivity contribution in [2.75, 3.05) is 0 Å². The van der Waals surface area contributed by atoms with E-state index in [4.69, 9.17) is 0 Å². The molecule has 114 valence electrons. The number of aryl methyl sites for hydroxylation is 2. The molecule has 6 heteroatoms. The van der Waals surface area contributed by atoms with E-state index < -0.39 is 0 Å². The van der Waals surface area contributed by atoms with Crippen LogP contribution in [0.4, 0.5) is 0 Å². The molecule has 0 saturated carbocycles. The highest BCUT2D eigenvalue weighted by atomic mass is 15.3. The summed E-state index contributed by atoms with van der Waals surface area (Å²) in [6, 6.07) is 12.1. The standard InChI is InChI=1S/C17H16N6/c1-12-10-14(20-22(12)2)11-15-19-17-16(13-6-4-3-5-7-13)18-8-9-23(17)21-15/h3-10H,11H2,1-2H3. The predicted molar refractivity (Wildman–Crippen MR) is 87.0 cm³/mol. The molecule has 3 heterocycles. The van der Waals surface area contributed by atoms with Gasteiger partial charge in [0, 0.05) is 30.7 Å². The van der Waals surface area contributed by atoms with Crippen molar-refractivity contribution in [2.24, 2.45) is 7.05 Å². The van der Waals surface area contributed by atoms with E-state index in [0.29, 0.717) is 6.42 Å². The summed E-state index contributed by atoms with van der Waals surface area (Å²) in [7, 11) is 1.94. The molecule has 0 N–H and O–H groups in total. The highest BCUT2D eigenvalue weighted by molar-refractivity contribution is 5.73. The molecule has 0 bridgehead atoms. The summed E-state index contributed by atoms with van der Waals surface area (Å²) in [6.07, 6.45) is 4.18. The Bertz CT molecular complexity index is 948. The number of rotatable bonds is 3. The number of nitrogens with zero attached hydrogens (tertiary/aromatic N) is 6. The number of hydrogen-bond acceptors (Lipinski definition) is 4. The minimum absolute atomic E-state index is 0.609. The van der Waals surface area contributed by atoms with Crippen LogP contribution in [0.5, 0.6) is 0 Å². The second-order valence-corrected chi connectivity index (χ2v) is 5.52. The first-order chi connectivity index (χ1) is 11.2. The van der Waals surface area contributed by atoms with Gasteiger partial charge in [0.15, 0.2) is 11.5 Å². The van der Waals surface area contributed by atoms with Crippen LogP contribution >= 0.6 is 0 Å². The lowest BCUT2D eigenvalue weighted by Crippen LogP contribution is -1.96. The van der Waals surface area contributed by atoms with Gasteiger partial charge in [-0.3, -0.25) is 9.67 Å². The molecule has 0 spiro atoms. The molecule has 0 atom stereocenters. The lowest BCUT2D eigenvalue weighted by molar-refractivity contribution is 0.721. The summed E-state index contributed by atoms with van der Waals surface area (Å²) in [5, 5.41) is 9.02. The lowest BCUT2D eigenvalue weighted by atomic mass is 10.1. The molecule has 1 aromatic carbocycles. The number of benzene rings is 1. The van der Waals surface area contributed by atoms with Crippen LogP contribution in [0.15, 0.2) is 48.8 Å². The average Bonchev–Trinajstić information content (AvgIpc) is 3.10. The topological polar surface area (TPSA) is 60.9 Å². The number of hydrogen-bond donors (Lipinski definition) is 0. The molecular formula is C17H16N6. The summed E-state index contributed by atoms with van der Waals surface area (Å²) < 4.78 is 3.64. The SMILES string of the molecule is Cc1cc(Cc2nc3c(-c4ccccc4)nccn3n2)nn1C. The van der Waals surface area contributed by atoms with Crippen molar-refractivity contribution in [2.45, 2.75) is 13.3 Å². The minimum Gasteiger partial charge on any atom is -0.273 e. The molecule has 4 rings (SSSR count). The fourth-order valence-electron chi connectivity index (χ4n) is 2.62. The van der Waals surface area contributed by atoms with Gasteiger partial charge in [-0.2, -0.15) is 10.2 Å². The highest BCUT2D eigenvalue weighted by Crippen LogP contribution is 2.20. The Morgan fingerprint density at radius 2 is 1.91 bits per heavy atom. The van der Waals surface area contributed by atoms with Gasteiger partial charge in [-0.1, -0.05) is 30.3 Å². The zero-order valence-corrected chi connectivity index (χ0v) is 13.0. The summed E-state index contributed by atoms with van der Waals surface area (Å²) in [6.45, 7) is 2.03. The number of aromatic nitrogens is 6. The Hall–Kier alpha value is -3.02. The van der Waals surface area contributed by atoms with Gasteiger partial charge < -0.3 is 0 Å². The van der Waals surface area contributed by atoms with Crippen molar-refractivity contribution in [3.63, 3.8) is 0 Å². The zero-order chi connectivity index (χ0) is 15.8. The van der Waals surface area contributed by atoms with Crippen molar-refractivity contribution in [1.82, 2.24) is 29.4 Å². The van der Waals surface area contributed by atoms with Gasteiger partial charge >= 0.3 is 0 Å². The monoisotopic (exact) mass is 304 g/mol. The van der Waals surface area contributed by atoms with Crippen LogP contribution in [0.25, 0.3) is 16.9 Å². The van der Waals surface area contributed by atoms with E-state index >= 15 is 0 Å². The quantitative estimate of drug-likeness (QED) is 0.583. The predicted octanol–water partition coefficient (Wildman–Crippen LogP) is 2.42. The Balaban J connectivity index is 1.76. The molecule has 0 aliphatic heterocycles. The van der Waals surface area contributed by atoms with E-state index in [-0.39, 0.29) is 0 Å².